The lowest BCUT2D eigenvalue weighted by molar-refractivity contribution is 0.281. The zero-order valence-corrected chi connectivity index (χ0v) is 14.7. The van der Waals surface area contributed by atoms with Crippen LogP contribution in [0.3, 0.4) is 0 Å². The van der Waals surface area contributed by atoms with Gasteiger partial charge in [-0.15, -0.1) is 0 Å². The van der Waals surface area contributed by atoms with E-state index in [1.54, 1.807) is 0 Å². The van der Waals surface area contributed by atoms with Gasteiger partial charge >= 0.3 is 0 Å². The number of sulfonamides is 1. The lowest BCUT2D eigenvalue weighted by Crippen LogP contribution is -2.47. The van der Waals surface area contributed by atoms with E-state index in [1.807, 2.05) is 20.8 Å². The minimum absolute atomic E-state index is 0.0327. The van der Waals surface area contributed by atoms with Crippen molar-refractivity contribution in [1.29, 1.82) is 0 Å². The first-order chi connectivity index (χ1) is 9.76. The monoisotopic (exact) mass is 353 g/mol. The van der Waals surface area contributed by atoms with Crippen LogP contribution in [0.2, 0.25) is 10.0 Å². The normalized spacial score (nSPS) is 12.7. The number of nitrogens with one attached hydrogen (secondary N) is 1. The fourth-order valence-corrected chi connectivity index (χ4v) is 4.75. The Morgan fingerprint density at radius 3 is 2.10 bits per heavy atom. The molecule has 0 radical (unpaired) electrons. The molecular formula is C14H21Cl2NO3S. The number of rotatable bonds is 7. The number of hydrogen-bond donors (Lipinski definition) is 2. The predicted molar refractivity (Wildman–Crippen MR) is 86.3 cm³/mol. The number of aliphatic hydroxyl groups is 1. The highest BCUT2D eigenvalue weighted by molar-refractivity contribution is 7.89. The third kappa shape index (κ3) is 3.90. The van der Waals surface area contributed by atoms with Gasteiger partial charge in [0, 0.05) is 16.1 Å². The molecule has 0 aliphatic carbocycles. The molecule has 120 valence electrons. The van der Waals surface area contributed by atoms with Gasteiger partial charge in [0.2, 0.25) is 10.0 Å². The summed E-state index contributed by atoms with van der Waals surface area (Å²) in [6.45, 7) is 5.41. The second-order valence-corrected chi connectivity index (χ2v) is 7.38. The Kier molecular flexibility index (Phi) is 6.50. The Labute approximate surface area is 136 Å². The number of halogens is 2. The van der Waals surface area contributed by atoms with Gasteiger partial charge in [-0.05, 0) is 31.4 Å². The molecule has 4 nitrogen and oxygen atoms in total. The third-order valence-corrected chi connectivity index (χ3v) is 6.50. The molecule has 0 bridgehead atoms. The second-order valence-electron chi connectivity index (χ2n) is 4.94. The van der Waals surface area contributed by atoms with E-state index < -0.39 is 22.2 Å². The number of benzene rings is 1. The lowest BCUT2D eigenvalue weighted by Gasteiger charge is -2.31. The summed E-state index contributed by atoms with van der Waals surface area (Å²) in [5, 5.41) is 9.49. The van der Waals surface area contributed by atoms with E-state index in [1.165, 1.54) is 12.1 Å². The minimum atomic E-state index is -3.79. The molecule has 0 aliphatic heterocycles. The Hall–Kier alpha value is -0.330. The van der Waals surface area contributed by atoms with Gasteiger partial charge in [-0.2, -0.15) is 0 Å². The van der Waals surface area contributed by atoms with Crippen molar-refractivity contribution in [3.63, 3.8) is 0 Å². The Morgan fingerprint density at radius 2 is 1.67 bits per heavy atom. The lowest BCUT2D eigenvalue weighted by atomic mass is 9.91. The van der Waals surface area contributed by atoms with Crippen LogP contribution in [-0.2, 0) is 16.6 Å². The molecule has 1 rings (SSSR count). The van der Waals surface area contributed by atoms with E-state index in [0.717, 1.165) is 0 Å². The fourth-order valence-electron chi connectivity index (χ4n) is 2.24. The first kappa shape index (κ1) is 18.7. The molecule has 1 aromatic rings. The predicted octanol–water partition coefficient (Wildman–Crippen LogP) is 3.73. The largest absolute Gasteiger partial charge is 0.392 e. The van der Waals surface area contributed by atoms with Gasteiger partial charge in [0.1, 0.15) is 4.90 Å². The molecule has 0 atom stereocenters. The van der Waals surface area contributed by atoms with Gasteiger partial charge in [-0.25, -0.2) is 13.1 Å². The van der Waals surface area contributed by atoms with Crippen molar-refractivity contribution in [3.05, 3.63) is 27.7 Å². The van der Waals surface area contributed by atoms with E-state index in [4.69, 9.17) is 23.2 Å². The number of aliphatic hydroxyl groups excluding tert-OH is 1. The molecule has 0 fully saturated rings. The SMILES string of the molecule is CCC(CC)(CC)NS(=O)(=O)c1ccc(Cl)c(CO)c1Cl. The Bertz CT molecular complexity index is 590. The maximum atomic E-state index is 12.6. The van der Waals surface area contributed by atoms with Crippen LogP contribution >= 0.6 is 23.2 Å². The van der Waals surface area contributed by atoms with Crippen LogP contribution in [0, 0.1) is 0 Å². The van der Waals surface area contributed by atoms with Crippen molar-refractivity contribution in [2.24, 2.45) is 0 Å². The Balaban J connectivity index is 3.32. The minimum Gasteiger partial charge on any atom is -0.392 e. The molecule has 0 amide bonds. The van der Waals surface area contributed by atoms with Crippen LogP contribution in [0.25, 0.3) is 0 Å². The molecule has 0 aliphatic rings. The van der Waals surface area contributed by atoms with Crippen LogP contribution in [0.4, 0.5) is 0 Å². The van der Waals surface area contributed by atoms with Crippen LogP contribution < -0.4 is 4.72 Å². The third-order valence-electron chi connectivity index (χ3n) is 3.98. The van der Waals surface area contributed by atoms with Gasteiger partial charge < -0.3 is 5.11 Å². The van der Waals surface area contributed by atoms with E-state index in [2.05, 4.69) is 4.72 Å². The van der Waals surface area contributed by atoms with Crippen LogP contribution in [0.5, 0.6) is 0 Å². The molecule has 0 heterocycles. The highest BCUT2D eigenvalue weighted by Gasteiger charge is 2.32. The zero-order valence-electron chi connectivity index (χ0n) is 12.4. The van der Waals surface area contributed by atoms with Crippen molar-refractivity contribution >= 4 is 33.2 Å². The molecule has 0 aromatic heterocycles. The van der Waals surface area contributed by atoms with Gasteiger partial charge in [-0.1, -0.05) is 44.0 Å². The van der Waals surface area contributed by atoms with Gasteiger partial charge in [-0.3, -0.25) is 0 Å². The average molecular weight is 354 g/mol. The van der Waals surface area contributed by atoms with Crippen LogP contribution in [0.15, 0.2) is 17.0 Å². The number of hydrogen-bond acceptors (Lipinski definition) is 3. The van der Waals surface area contributed by atoms with Crippen molar-refractivity contribution in [2.75, 3.05) is 0 Å². The molecule has 2 N–H and O–H groups in total. The summed E-state index contributed by atoms with van der Waals surface area (Å²) >= 11 is 12.0. The highest BCUT2D eigenvalue weighted by atomic mass is 35.5. The maximum absolute atomic E-state index is 12.6. The smallest absolute Gasteiger partial charge is 0.242 e. The van der Waals surface area contributed by atoms with E-state index in [9.17, 15) is 13.5 Å². The van der Waals surface area contributed by atoms with Crippen molar-refractivity contribution in [2.45, 2.75) is 57.1 Å². The Morgan fingerprint density at radius 1 is 1.14 bits per heavy atom. The first-order valence-electron chi connectivity index (χ1n) is 6.88. The van der Waals surface area contributed by atoms with E-state index in [0.29, 0.717) is 19.3 Å². The summed E-state index contributed by atoms with van der Waals surface area (Å²) in [7, 11) is -3.79. The summed E-state index contributed by atoms with van der Waals surface area (Å²) in [6.07, 6.45) is 2.03. The average Bonchev–Trinajstić information content (AvgIpc) is 2.45. The summed E-state index contributed by atoms with van der Waals surface area (Å²) < 4.78 is 28.0. The fraction of sp³-hybridized carbons (Fsp3) is 0.571. The first-order valence-corrected chi connectivity index (χ1v) is 9.12. The summed E-state index contributed by atoms with van der Waals surface area (Å²) in [5.41, 5.74) is -0.280. The molecule has 0 saturated carbocycles. The van der Waals surface area contributed by atoms with E-state index >= 15 is 0 Å². The van der Waals surface area contributed by atoms with Gasteiger partial charge in [0.25, 0.3) is 0 Å². The molecule has 0 saturated heterocycles. The standard InChI is InChI=1S/C14H21Cl2NO3S/c1-4-14(5-2,6-3)17-21(19,20)12-8-7-11(15)10(9-18)13(12)16/h7-8,17-18H,4-6,9H2,1-3H3. The molecule has 0 unspecified atom stereocenters. The molecular weight excluding hydrogens is 333 g/mol. The molecule has 7 heteroatoms. The molecule has 1 aromatic carbocycles. The molecule has 0 spiro atoms. The van der Waals surface area contributed by atoms with Gasteiger partial charge in [0.05, 0.1) is 11.6 Å². The quantitative estimate of drug-likeness (QED) is 0.784. The van der Waals surface area contributed by atoms with Crippen molar-refractivity contribution in [1.82, 2.24) is 4.72 Å². The molecule has 21 heavy (non-hydrogen) atoms. The van der Waals surface area contributed by atoms with Crippen molar-refractivity contribution in [3.8, 4) is 0 Å². The van der Waals surface area contributed by atoms with Gasteiger partial charge in [0.15, 0.2) is 0 Å². The topological polar surface area (TPSA) is 66.4 Å². The second kappa shape index (κ2) is 7.29. The highest BCUT2D eigenvalue weighted by Crippen LogP contribution is 2.32. The maximum Gasteiger partial charge on any atom is 0.242 e. The van der Waals surface area contributed by atoms with Crippen LogP contribution in [0.1, 0.15) is 45.6 Å². The van der Waals surface area contributed by atoms with Crippen molar-refractivity contribution < 1.29 is 13.5 Å². The summed E-state index contributed by atoms with van der Waals surface area (Å²) in [4.78, 5) is -0.0580. The summed E-state index contributed by atoms with van der Waals surface area (Å²) in [5.74, 6) is 0. The summed E-state index contributed by atoms with van der Waals surface area (Å²) in [6, 6.07) is 2.79. The zero-order chi connectivity index (χ0) is 16.3. The van der Waals surface area contributed by atoms with E-state index in [-0.39, 0.29) is 20.5 Å². The van der Waals surface area contributed by atoms with Crippen LogP contribution in [-0.4, -0.2) is 19.1 Å².